The quantitative estimate of drug-likeness (QED) is 0.00532. The van der Waals surface area contributed by atoms with Gasteiger partial charge in [0, 0.05) is 65.7 Å². The Morgan fingerprint density at radius 2 is 0.693 bits per heavy atom. The summed E-state index contributed by atoms with van der Waals surface area (Å²) in [6.45, 7) is 62.3. The normalized spacial score (nSPS) is 10.9. The summed E-state index contributed by atoms with van der Waals surface area (Å²) in [5.41, 5.74) is 28.6. The number of aliphatic hydroxyl groups excluding tert-OH is 1. The Kier molecular flexibility index (Phi) is 73.7. The second kappa shape index (κ2) is 74.0. The van der Waals surface area contributed by atoms with Crippen molar-refractivity contribution < 1.29 is 71.5 Å². The van der Waals surface area contributed by atoms with Crippen LogP contribution in [0.3, 0.4) is 0 Å². The maximum absolute atomic E-state index is 10.9. The molecule has 5 N–H and O–H groups in total. The number of rotatable bonds is 31. The molecule has 0 aliphatic carbocycles. The largest absolute Gasteiger partial charge is 1.00 e. The molecule has 6 aromatic carbocycles. The van der Waals surface area contributed by atoms with Gasteiger partial charge in [-0.25, -0.2) is 29.9 Å². The fourth-order valence-electron chi connectivity index (χ4n) is 14.2. The van der Waals surface area contributed by atoms with E-state index in [1.807, 2.05) is 123 Å². The van der Waals surface area contributed by atoms with Gasteiger partial charge >= 0.3 is 18.9 Å². The standard InChI is InChI=1S/C19H31NO.C17H21ClN2O2S.C17H21ClN2OS.C17H27NO2.C12H16O2.C10H12O3.C7H17N.C5H4ClIN2S.C3H7.C2H7N.CH4.ClH.Li/c1-12(2)17-9-15(7)18(21-8)10-16(17)11-20-19(13(3)4)14(5)6;1-9(2)11-6-10(3)14(22-4)7-12(11)15(21)13-8-19-17(23-5)20-16(13)18;1-10(2)14-6-11(3)15(21-4)8-12(14)7-13-9-19-17(22-5)20-16(13)18;1-11(2)17(12(3)4)18-10-14-9-15(19-6)13(5)8-16(14)20-7;1-8(2)11-5-9(3)12(14-4)6-10(11)7-13;1-7-4-10(13-3)8(6-11)5-9(7)12-2;1-5(2)7(8)6(3)4;1-10-5-8-2-3(7)4(6)9-5;1-3-2;1-2-3;;;/h9-14,19H,1-8H3;6-9,15,21H,1-5H3;6,8-10H,7H2,1-5H3;8-12,17H,1-7H3;5-8H,1-4H3;4-6H,1-3H3;5-7H,8H2,1-4H3;2H,1H3;3H,1-2H3;2-3H2,1H3;1H4;1H;/q;;;;;;;;-1;;;;+1. The molecule has 3 heterocycles. The van der Waals surface area contributed by atoms with Crippen molar-refractivity contribution in [3.8, 4) is 46.0 Å². The summed E-state index contributed by atoms with van der Waals surface area (Å²) < 4.78 is 43.3. The molecule has 0 aliphatic rings. The molecule has 778 valence electrons. The zero-order valence-corrected chi connectivity index (χ0v) is 98.6. The van der Waals surface area contributed by atoms with Crippen LogP contribution in [0.15, 0.2) is 117 Å². The molecule has 9 aromatic rings. The van der Waals surface area contributed by atoms with Crippen LogP contribution in [0.5, 0.6) is 46.0 Å². The van der Waals surface area contributed by atoms with E-state index in [0.29, 0.717) is 126 Å². The van der Waals surface area contributed by atoms with Gasteiger partial charge in [0.15, 0.2) is 21.8 Å². The topological polar surface area (TPSA) is 282 Å². The molecule has 1 unspecified atom stereocenters. The first kappa shape index (κ1) is 139. The number of methoxy groups -OCH3 is 8. The summed E-state index contributed by atoms with van der Waals surface area (Å²) in [6.07, 6.45) is 18.2. The molecular formula is C110H168Cl4ILiN10O11S3. The Labute approximate surface area is 903 Å². The molecule has 0 bridgehead atoms. The Hall–Kier alpha value is -6.94. The fraction of sp³-hybridized carbons (Fsp3) is 0.518. The molecule has 21 nitrogen and oxygen atoms in total. The van der Waals surface area contributed by atoms with Crippen molar-refractivity contribution in [1.29, 1.82) is 0 Å². The van der Waals surface area contributed by atoms with Crippen LogP contribution in [0.4, 0.5) is 0 Å². The molecule has 1 atom stereocenters. The molecule has 0 fully saturated rings. The first-order valence-electron chi connectivity index (χ1n) is 46.3. The smallest absolute Gasteiger partial charge is 0.496 e. The number of aliphatic hydroxyl groups is 1. The van der Waals surface area contributed by atoms with Gasteiger partial charge in [-0.3, -0.25) is 19.6 Å². The van der Waals surface area contributed by atoms with E-state index in [-0.39, 0.29) is 49.8 Å². The molecule has 0 aliphatic heterocycles. The van der Waals surface area contributed by atoms with Crippen LogP contribution in [-0.2, 0) is 6.42 Å². The molecule has 0 saturated heterocycles. The van der Waals surface area contributed by atoms with Crippen LogP contribution in [0, 0.1) is 87.0 Å². The predicted molar refractivity (Wildman–Crippen MR) is 607 cm³/mol. The summed E-state index contributed by atoms with van der Waals surface area (Å²) in [7, 11) is 13.1. The number of ether oxygens (including phenoxy) is 8. The molecule has 30 heteroatoms. The SMILES string of the molecule is C.CC(C)C(N)C(C)C.CCN.COc1cc(C(O)c2cnc(SC)nc2Cl)c(C(C)C)cc1C.COc1cc(C=NC(C(C)C)C(C)C)c(C(C)C)cc1C.COc1cc(C=NC(C(C)C)C(C)C)c(OC)cc1C.COc1cc(C=O)c(C(C)C)cc1C.COc1cc(C=O)c(OC)cc1C.COc1cc(Cc2cnc(SC)nc2Cl)c(C(C)C)cc1C.CSc1ncc(I)c(Cl)n1.C[CH-]C.Cl.[Li+]. The van der Waals surface area contributed by atoms with Gasteiger partial charge in [0.25, 0.3) is 0 Å². The molecule has 9 rings (SSSR count). The minimum Gasteiger partial charge on any atom is -0.496 e. The van der Waals surface area contributed by atoms with E-state index >= 15 is 0 Å². The number of aromatic nitrogens is 6. The monoisotopic (exact) mass is 2180 g/mol. The third-order valence-electron chi connectivity index (χ3n) is 21.5. The number of benzene rings is 6. The first-order valence-corrected chi connectivity index (χ1v) is 52.2. The van der Waals surface area contributed by atoms with Crippen LogP contribution in [0.2, 0.25) is 15.5 Å². The van der Waals surface area contributed by atoms with Crippen molar-refractivity contribution in [2.24, 2.45) is 57.0 Å². The van der Waals surface area contributed by atoms with Gasteiger partial charge < -0.3 is 60.9 Å². The van der Waals surface area contributed by atoms with Crippen LogP contribution in [0.25, 0.3) is 0 Å². The minimum absolute atomic E-state index is 0. The third-order valence-corrected chi connectivity index (χ3v) is 25.2. The Morgan fingerprint density at radius 1 is 0.400 bits per heavy atom. The van der Waals surface area contributed by atoms with Gasteiger partial charge in [-0.15, -0.1) is 12.4 Å². The number of thioether (sulfide) groups is 3. The third kappa shape index (κ3) is 47.5. The maximum atomic E-state index is 10.9. The maximum Gasteiger partial charge on any atom is 1.00 e. The summed E-state index contributed by atoms with van der Waals surface area (Å²) in [6, 6.07) is 24.8. The minimum atomic E-state index is -0.898. The van der Waals surface area contributed by atoms with E-state index in [1.54, 1.807) is 80.4 Å². The van der Waals surface area contributed by atoms with Crippen LogP contribution in [-0.4, -0.2) is 160 Å². The zero-order valence-electron chi connectivity index (χ0n) is 91.0. The van der Waals surface area contributed by atoms with Crippen LogP contribution >= 0.6 is 105 Å². The van der Waals surface area contributed by atoms with Crippen molar-refractivity contribution in [3.05, 3.63) is 217 Å². The zero-order chi connectivity index (χ0) is 105. The molecule has 3 aromatic heterocycles. The van der Waals surface area contributed by atoms with Gasteiger partial charge in [0.1, 0.15) is 73.8 Å². The van der Waals surface area contributed by atoms with Gasteiger partial charge in [-0.2, -0.15) is 13.8 Å². The number of nitrogens with zero attached hydrogens (tertiary/aromatic N) is 8. The number of nitrogens with two attached hydrogens (primary N) is 2. The number of carbonyl (C=O) groups excluding carboxylic acids is 2. The van der Waals surface area contributed by atoms with E-state index in [0.717, 1.165) is 118 Å². The summed E-state index contributed by atoms with van der Waals surface area (Å²) in [4.78, 5) is 56.2. The van der Waals surface area contributed by atoms with E-state index in [9.17, 15) is 14.7 Å². The number of aldehydes is 2. The van der Waals surface area contributed by atoms with Gasteiger partial charge in [-0.1, -0.05) is 247 Å². The van der Waals surface area contributed by atoms with E-state index in [1.165, 1.54) is 70.2 Å². The fourth-order valence-corrected chi connectivity index (χ4v) is 16.1. The Balaban J connectivity index is -0.000000759. The van der Waals surface area contributed by atoms with E-state index < -0.39 is 6.10 Å². The average molecular weight is 2180 g/mol. The summed E-state index contributed by atoms with van der Waals surface area (Å²) in [5, 5.41) is 14.2. The summed E-state index contributed by atoms with van der Waals surface area (Å²) in [5.74, 6) is 11.2. The number of aliphatic imine (C=N–C) groups is 2. The van der Waals surface area contributed by atoms with Gasteiger partial charge in [0.2, 0.25) is 0 Å². The number of aryl methyl sites for hydroxylation is 6. The predicted octanol–water partition coefficient (Wildman–Crippen LogP) is 26.7. The first-order chi connectivity index (χ1) is 64.4. The number of hydrogen-bond donors (Lipinski definition) is 3. The van der Waals surface area contributed by atoms with E-state index in [2.05, 4.69) is 229 Å². The second-order valence-corrected chi connectivity index (χ2v) is 40.3. The molecular weight excluding hydrogens is 2010 g/mol. The van der Waals surface area contributed by atoms with Crippen molar-refractivity contribution in [2.75, 3.05) is 82.2 Å². The van der Waals surface area contributed by atoms with Crippen molar-refractivity contribution >= 4 is 130 Å². The molecule has 0 amide bonds. The van der Waals surface area contributed by atoms with E-state index in [4.69, 9.17) is 94.1 Å². The number of hydrogen-bond acceptors (Lipinski definition) is 24. The molecule has 140 heavy (non-hydrogen) atoms. The van der Waals surface area contributed by atoms with Crippen LogP contribution < -0.4 is 68.2 Å². The average Bonchev–Trinajstić information content (AvgIpc) is 0.668. The van der Waals surface area contributed by atoms with Crippen molar-refractivity contribution in [1.82, 2.24) is 29.9 Å². The Bertz CT molecular complexity index is 5120. The van der Waals surface area contributed by atoms with Gasteiger partial charge in [0.05, 0.1) is 78.1 Å². The molecule has 0 spiro atoms. The van der Waals surface area contributed by atoms with Gasteiger partial charge in [-0.05, 0) is 269 Å². The van der Waals surface area contributed by atoms with Crippen LogP contribution in [0.1, 0.15) is 306 Å². The Morgan fingerprint density at radius 3 is 1.02 bits per heavy atom. The number of halogens is 5. The molecule has 0 saturated carbocycles. The summed E-state index contributed by atoms with van der Waals surface area (Å²) >= 11 is 24.7. The van der Waals surface area contributed by atoms with Crippen molar-refractivity contribution in [3.63, 3.8) is 0 Å². The second-order valence-electron chi connectivity index (χ2n) is 35.8. The molecule has 0 radical (unpaired) electrons. The van der Waals surface area contributed by atoms with Crippen molar-refractivity contribution in [2.45, 2.75) is 278 Å². The number of carbonyl (C=O) groups is 2.